The average molecular weight is 177 g/mol. The molecule has 0 aromatic heterocycles. The summed E-state index contributed by atoms with van der Waals surface area (Å²) in [5, 5.41) is 1.22. The van der Waals surface area contributed by atoms with Gasteiger partial charge in [0.15, 0.2) is 0 Å². The summed E-state index contributed by atoms with van der Waals surface area (Å²) in [5.41, 5.74) is 0. The molecule has 0 radical (unpaired) electrons. The van der Waals surface area contributed by atoms with E-state index in [9.17, 15) is 0 Å². The molecule has 0 heterocycles. The molecule has 1 aliphatic rings. The maximum absolute atomic E-state index is 3.52. The van der Waals surface area contributed by atoms with Crippen LogP contribution >= 0.6 is 15.9 Å². The molecular weight excluding hydrogens is 164 g/mol. The van der Waals surface area contributed by atoms with E-state index in [1.165, 1.54) is 24.6 Å². The number of hydrogen-bond donors (Lipinski definition) is 0. The summed E-state index contributed by atoms with van der Waals surface area (Å²) in [5.74, 6) is 1.96. The minimum atomic E-state index is 0.981. The molecule has 1 fully saturated rings. The SMILES string of the molecule is CC1CCCC1CBr. The summed E-state index contributed by atoms with van der Waals surface area (Å²) >= 11 is 3.52. The lowest BCUT2D eigenvalue weighted by molar-refractivity contribution is 0.467. The first kappa shape index (κ1) is 6.60. The molecule has 48 valence electrons. The highest BCUT2D eigenvalue weighted by molar-refractivity contribution is 9.09. The van der Waals surface area contributed by atoms with Crippen molar-refractivity contribution in [1.29, 1.82) is 0 Å². The lowest BCUT2D eigenvalue weighted by Gasteiger charge is -2.09. The van der Waals surface area contributed by atoms with Crippen molar-refractivity contribution in [3.8, 4) is 0 Å². The third-order valence-electron chi connectivity index (χ3n) is 2.24. The Balaban J connectivity index is 2.30. The molecule has 1 rings (SSSR count). The van der Waals surface area contributed by atoms with E-state index in [1.807, 2.05) is 0 Å². The predicted octanol–water partition coefficient (Wildman–Crippen LogP) is 2.82. The van der Waals surface area contributed by atoms with Gasteiger partial charge in [0.25, 0.3) is 0 Å². The Bertz CT molecular complexity index is 70.8. The molecule has 8 heavy (non-hydrogen) atoms. The van der Waals surface area contributed by atoms with Crippen molar-refractivity contribution in [3.63, 3.8) is 0 Å². The second-order valence-corrected chi connectivity index (χ2v) is 3.47. The van der Waals surface area contributed by atoms with Gasteiger partial charge in [0.1, 0.15) is 0 Å². The predicted molar refractivity (Wildman–Crippen MR) is 40.3 cm³/mol. The van der Waals surface area contributed by atoms with Gasteiger partial charge in [0.05, 0.1) is 0 Å². The van der Waals surface area contributed by atoms with Crippen molar-refractivity contribution >= 4 is 15.9 Å². The van der Waals surface area contributed by atoms with Crippen LogP contribution in [-0.4, -0.2) is 5.33 Å². The van der Waals surface area contributed by atoms with E-state index in [-0.39, 0.29) is 0 Å². The highest BCUT2D eigenvalue weighted by atomic mass is 79.9. The largest absolute Gasteiger partial charge is 0.0925 e. The number of hydrogen-bond acceptors (Lipinski definition) is 0. The van der Waals surface area contributed by atoms with E-state index in [1.54, 1.807) is 0 Å². The van der Waals surface area contributed by atoms with Crippen molar-refractivity contribution in [3.05, 3.63) is 0 Å². The van der Waals surface area contributed by atoms with Gasteiger partial charge in [0, 0.05) is 5.33 Å². The van der Waals surface area contributed by atoms with E-state index in [0.717, 1.165) is 11.8 Å². The molecule has 2 atom stereocenters. The molecule has 1 aliphatic carbocycles. The fraction of sp³-hybridized carbons (Fsp3) is 1.00. The van der Waals surface area contributed by atoms with Crippen molar-refractivity contribution in [2.75, 3.05) is 5.33 Å². The molecule has 0 aromatic rings. The van der Waals surface area contributed by atoms with Gasteiger partial charge in [-0.2, -0.15) is 0 Å². The summed E-state index contributed by atoms with van der Waals surface area (Å²) in [7, 11) is 0. The van der Waals surface area contributed by atoms with Gasteiger partial charge in [0.2, 0.25) is 0 Å². The maximum Gasteiger partial charge on any atom is 0.00622 e. The monoisotopic (exact) mass is 176 g/mol. The Morgan fingerprint density at radius 1 is 1.50 bits per heavy atom. The van der Waals surface area contributed by atoms with Crippen LogP contribution in [0, 0.1) is 11.8 Å². The summed E-state index contributed by atoms with van der Waals surface area (Å²) in [6.07, 6.45) is 4.36. The Hall–Kier alpha value is 0.480. The van der Waals surface area contributed by atoms with Gasteiger partial charge in [-0.15, -0.1) is 0 Å². The first-order valence-corrected chi connectivity index (χ1v) is 4.52. The van der Waals surface area contributed by atoms with Crippen LogP contribution in [-0.2, 0) is 0 Å². The molecule has 0 N–H and O–H groups in total. The Kier molecular flexibility index (Phi) is 2.36. The molecule has 0 aliphatic heterocycles. The molecule has 0 amide bonds. The van der Waals surface area contributed by atoms with Crippen LogP contribution in [0.5, 0.6) is 0 Å². The lowest BCUT2D eigenvalue weighted by Crippen LogP contribution is -2.03. The van der Waals surface area contributed by atoms with Crippen LogP contribution in [0.1, 0.15) is 26.2 Å². The van der Waals surface area contributed by atoms with E-state index < -0.39 is 0 Å². The van der Waals surface area contributed by atoms with Crippen molar-refractivity contribution in [2.45, 2.75) is 26.2 Å². The van der Waals surface area contributed by atoms with Crippen molar-refractivity contribution < 1.29 is 0 Å². The highest BCUT2D eigenvalue weighted by Gasteiger charge is 2.21. The Morgan fingerprint density at radius 3 is 2.50 bits per heavy atom. The van der Waals surface area contributed by atoms with Crippen LogP contribution in [0.3, 0.4) is 0 Å². The van der Waals surface area contributed by atoms with Gasteiger partial charge < -0.3 is 0 Å². The number of rotatable bonds is 1. The van der Waals surface area contributed by atoms with E-state index in [2.05, 4.69) is 22.9 Å². The third kappa shape index (κ3) is 1.25. The van der Waals surface area contributed by atoms with Gasteiger partial charge in [-0.3, -0.25) is 0 Å². The lowest BCUT2D eigenvalue weighted by atomic mass is 10.0. The molecule has 1 heteroatoms. The van der Waals surface area contributed by atoms with E-state index in [4.69, 9.17) is 0 Å². The Morgan fingerprint density at radius 2 is 2.25 bits per heavy atom. The molecule has 1 saturated carbocycles. The van der Waals surface area contributed by atoms with Gasteiger partial charge in [-0.1, -0.05) is 35.7 Å². The summed E-state index contributed by atoms with van der Waals surface area (Å²) < 4.78 is 0. The highest BCUT2D eigenvalue weighted by Crippen LogP contribution is 2.31. The quantitative estimate of drug-likeness (QED) is 0.540. The standard InChI is InChI=1S/C7H13Br/c1-6-3-2-4-7(6)5-8/h6-7H,2-5H2,1H3. The zero-order valence-electron chi connectivity index (χ0n) is 5.36. The number of alkyl halides is 1. The molecule has 0 nitrogen and oxygen atoms in total. The van der Waals surface area contributed by atoms with Crippen LogP contribution in [0.15, 0.2) is 0 Å². The first-order chi connectivity index (χ1) is 3.84. The summed E-state index contributed by atoms with van der Waals surface area (Å²) in [6.45, 7) is 2.36. The van der Waals surface area contributed by atoms with Crippen LogP contribution in [0.2, 0.25) is 0 Å². The normalized spacial score (nSPS) is 38.2. The zero-order chi connectivity index (χ0) is 5.98. The molecule has 0 aromatic carbocycles. The first-order valence-electron chi connectivity index (χ1n) is 3.40. The van der Waals surface area contributed by atoms with Crippen LogP contribution < -0.4 is 0 Å². The van der Waals surface area contributed by atoms with Gasteiger partial charge in [-0.05, 0) is 18.3 Å². The molecule has 0 bridgehead atoms. The maximum atomic E-state index is 3.52. The van der Waals surface area contributed by atoms with Gasteiger partial charge >= 0.3 is 0 Å². The molecule has 0 saturated heterocycles. The third-order valence-corrected chi connectivity index (χ3v) is 3.07. The Labute approximate surface area is 59.8 Å². The summed E-state index contributed by atoms with van der Waals surface area (Å²) in [6, 6.07) is 0. The van der Waals surface area contributed by atoms with Crippen molar-refractivity contribution in [2.24, 2.45) is 11.8 Å². The number of halogens is 1. The van der Waals surface area contributed by atoms with Crippen molar-refractivity contribution in [1.82, 2.24) is 0 Å². The van der Waals surface area contributed by atoms with Gasteiger partial charge in [-0.25, -0.2) is 0 Å². The van der Waals surface area contributed by atoms with E-state index in [0.29, 0.717) is 0 Å². The van der Waals surface area contributed by atoms with Crippen LogP contribution in [0.4, 0.5) is 0 Å². The van der Waals surface area contributed by atoms with Crippen LogP contribution in [0.25, 0.3) is 0 Å². The fourth-order valence-corrected chi connectivity index (χ4v) is 2.41. The zero-order valence-corrected chi connectivity index (χ0v) is 6.95. The molecular formula is C7H13Br. The second kappa shape index (κ2) is 2.86. The van der Waals surface area contributed by atoms with E-state index >= 15 is 0 Å². The topological polar surface area (TPSA) is 0 Å². The smallest absolute Gasteiger partial charge is 0.00622 e. The molecule has 0 spiro atoms. The minimum absolute atomic E-state index is 0.981. The minimum Gasteiger partial charge on any atom is -0.0925 e. The summed E-state index contributed by atoms with van der Waals surface area (Å²) in [4.78, 5) is 0. The molecule has 2 unspecified atom stereocenters. The fourth-order valence-electron chi connectivity index (χ4n) is 1.45. The second-order valence-electron chi connectivity index (χ2n) is 2.82. The average Bonchev–Trinajstić information content (AvgIpc) is 2.14.